The topological polar surface area (TPSA) is 21.3 Å². The van der Waals surface area contributed by atoms with E-state index in [1.807, 2.05) is 6.07 Å². The van der Waals surface area contributed by atoms with E-state index in [1.54, 1.807) is 25.3 Å². The van der Waals surface area contributed by atoms with Crippen molar-refractivity contribution in [1.29, 1.82) is 0 Å². The van der Waals surface area contributed by atoms with Crippen LogP contribution in [0.3, 0.4) is 0 Å². The van der Waals surface area contributed by atoms with Crippen LogP contribution in [0.1, 0.15) is 5.56 Å². The minimum atomic E-state index is -0.288. The lowest BCUT2D eigenvalue weighted by atomic mass is 10.2. The summed E-state index contributed by atoms with van der Waals surface area (Å²) in [6.07, 6.45) is 0. The van der Waals surface area contributed by atoms with Crippen LogP contribution >= 0.6 is 27.5 Å². The van der Waals surface area contributed by atoms with E-state index in [0.29, 0.717) is 17.3 Å². The molecule has 2 aromatic rings. The maximum atomic E-state index is 13.2. The summed E-state index contributed by atoms with van der Waals surface area (Å²) in [6.45, 7) is 0.492. The van der Waals surface area contributed by atoms with Gasteiger partial charge in [0.1, 0.15) is 11.6 Å². The summed E-state index contributed by atoms with van der Waals surface area (Å²) < 4.78 is 19.2. The Morgan fingerprint density at radius 2 is 2.05 bits per heavy atom. The van der Waals surface area contributed by atoms with Crippen molar-refractivity contribution >= 4 is 33.2 Å². The van der Waals surface area contributed by atoms with Gasteiger partial charge in [-0.1, -0.05) is 11.6 Å². The zero-order valence-electron chi connectivity index (χ0n) is 10.2. The van der Waals surface area contributed by atoms with Crippen molar-refractivity contribution in [1.82, 2.24) is 0 Å². The molecule has 0 saturated carbocycles. The molecular formula is C14H12BrClFNO. The van der Waals surface area contributed by atoms with Crippen LogP contribution in [0.25, 0.3) is 0 Å². The SMILES string of the molecule is COc1ccc(Cl)cc1CNc1cc(F)ccc1Br. The number of anilines is 1. The van der Waals surface area contributed by atoms with Crippen LogP contribution in [0.5, 0.6) is 5.75 Å². The van der Waals surface area contributed by atoms with Gasteiger partial charge in [-0.2, -0.15) is 0 Å². The standard InChI is InChI=1S/C14H12BrClFNO/c1-19-14-5-2-10(16)6-9(14)8-18-13-7-11(17)3-4-12(13)15/h2-7,18H,8H2,1H3. The van der Waals surface area contributed by atoms with Gasteiger partial charge in [-0.25, -0.2) is 4.39 Å². The highest BCUT2D eigenvalue weighted by Crippen LogP contribution is 2.27. The van der Waals surface area contributed by atoms with E-state index in [9.17, 15) is 4.39 Å². The molecular weight excluding hydrogens is 333 g/mol. The summed E-state index contributed by atoms with van der Waals surface area (Å²) in [5.74, 6) is 0.452. The summed E-state index contributed by atoms with van der Waals surface area (Å²) >= 11 is 9.33. The Balaban J connectivity index is 2.18. The van der Waals surface area contributed by atoms with Gasteiger partial charge >= 0.3 is 0 Å². The Hall–Kier alpha value is -1.26. The highest BCUT2D eigenvalue weighted by Gasteiger charge is 2.06. The van der Waals surface area contributed by atoms with E-state index in [4.69, 9.17) is 16.3 Å². The van der Waals surface area contributed by atoms with Crippen molar-refractivity contribution in [3.05, 3.63) is 57.3 Å². The number of benzene rings is 2. The van der Waals surface area contributed by atoms with Crippen LogP contribution in [-0.2, 0) is 6.54 Å². The third-order valence-electron chi connectivity index (χ3n) is 2.64. The fourth-order valence-electron chi connectivity index (χ4n) is 1.71. The molecule has 19 heavy (non-hydrogen) atoms. The fraction of sp³-hybridized carbons (Fsp3) is 0.143. The lowest BCUT2D eigenvalue weighted by Gasteiger charge is -2.12. The first kappa shape index (κ1) is 14.2. The van der Waals surface area contributed by atoms with Gasteiger partial charge in [-0.15, -0.1) is 0 Å². The minimum absolute atomic E-state index is 0.288. The number of methoxy groups -OCH3 is 1. The molecule has 0 spiro atoms. The predicted octanol–water partition coefficient (Wildman–Crippen LogP) is 4.86. The van der Waals surface area contributed by atoms with Crippen LogP contribution in [0.2, 0.25) is 5.02 Å². The zero-order chi connectivity index (χ0) is 13.8. The van der Waals surface area contributed by atoms with Gasteiger partial charge in [0.15, 0.2) is 0 Å². The maximum absolute atomic E-state index is 13.2. The number of hydrogen-bond acceptors (Lipinski definition) is 2. The lowest BCUT2D eigenvalue weighted by Crippen LogP contribution is -2.02. The molecule has 0 saturated heterocycles. The molecule has 0 aromatic heterocycles. The third-order valence-corrected chi connectivity index (χ3v) is 3.57. The smallest absolute Gasteiger partial charge is 0.125 e. The molecule has 2 aromatic carbocycles. The van der Waals surface area contributed by atoms with Gasteiger partial charge < -0.3 is 10.1 Å². The Morgan fingerprint density at radius 3 is 2.79 bits per heavy atom. The van der Waals surface area contributed by atoms with Gasteiger partial charge in [-0.05, 0) is 52.3 Å². The van der Waals surface area contributed by atoms with Crippen molar-refractivity contribution in [3.63, 3.8) is 0 Å². The van der Waals surface area contributed by atoms with Crippen molar-refractivity contribution in [2.45, 2.75) is 6.54 Å². The van der Waals surface area contributed by atoms with Crippen molar-refractivity contribution in [2.75, 3.05) is 12.4 Å². The van der Waals surface area contributed by atoms with Crippen LogP contribution in [0, 0.1) is 5.82 Å². The second-order valence-electron chi connectivity index (χ2n) is 3.93. The maximum Gasteiger partial charge on any atom is 0.125 e. The van der Waals surface area contributed by atoms with Crippen molar-refractivity contribution < 1.29 is 9.13 Å². The highest BCUT2D eigenvalue weighted by molar-refractivity contribution is 9.10. The van der Waals surface area contributed by atoms with Crippen LogP contribution in [0.15, 0.2) is 40.9 Å². The first-order valence-electron chi connectivity index (χ1n) is 5.61. The number of halogens is 3. The predicted molar refractivity (Wildman–Crippen MR) is 79.4 cm³/mol. The first-order valence-corrected chi connectivity index (χ1v) is 6.78. The lowest BCUT2D eigenvalue weighted by molar-refractivity contribution is 0.410. The average Bonchev–Trinajstić information content (AvgIpc) is 2.40. The molecule has 0 atom stereocenters. The molecule has 0 fully saturated rings. The van der Waals surface area contributed by atoms with Crippen LogP contribution in [-0.4, -0.2) is 7.11 Å². The normalized spacial score (nSPS) is 10.3. The van der Waals surface area contributed by atoms with E-state index in [0.717, 1.165) is 15.8 Å². The number of nitrogens with one attached hydrogen (secondary N) is 1. The van der Waals surface area contributed by atoms with Gasteiger partial charge in [0, 0.05) is 21.6 Å². The fourth-order valence-corrected chi connectivity index (χ4v) is 2.29. The van der Waals surface area contributed by atoms with Crippen LogP contribution < -0.4 is 10.1 Å². The van der Waals surface area contributed by atoms with E-state index < -0.39 is 0 Å². The Bertz CT molecular complexity index is 592. The first-order chi connectivity index (χ1) is 9.10. The van der Waals surface area contributed by atoms with Gasteiger partial charge in [0.25, 0.3) is 0 Å². The number of hydrogen-bond donors (Lipinski definition) is 1. The number of ether oxygens (including phenoxy) is 1. The van der Waals surface area contributed by atoms with E-state index in [1.165, 1.54) is 12.1 Å². The number of rotatable bonds is 4. The summed E-state index contributed by atoms with van der Waals surface area (Å²) in [4.78, 5) is 0. The van der Waals surface area contributed by atoms with Crippen molar-refractivity contribution in [2.24, 2.45) is 0 Å². The van der Waals surface area contributed by atoms with Crippen molar-refractivity contribution in [3.8, 4) is 5.75 Å². The van der Waals surface area contributed by atoms with Crippen LogP contribution in [0.4, 0.5) is 10.1 Å². The van der Waals surface area contributed by atoms with Gasteiger partial charge in [0.2, 0.25) is 0 Å². The molecule has 0 unspecified atom stereocenters. The molecule has 0 aliphatic carbocycles. The summed E-state index contributed by atoms with van der Waals surface area (Å²) in [7, 11) is 1.60. The summed E-state index contributed by atoms with van der Waals surface area (Å²) in [5.41, 5.74) is 1.59. The molecule has 2 nitrogen and oxygen atoms in total. The largest absolute Gasteiger partial charge is 0.496 e. The monoisotopic (exact) mass is 343 g/mol. The second-order valence-corrected chi connectivity index (χ2v) is 5.22. The zero-order valence-corrected chi connectivity index (χ0v) is 12.6. The third kappa shape index (κ3) is 3.61. The van der Waals surface area contributed by atoms with E-state index in [2.05, 4.69) is 21.2 Å². The molecule has 5 heteroatoms. The van der Waals surface area contributed by atoms with E-state index in [-0.39, 0.29) is 5.82 Å². The molecule has 0 amide bonds. The minimum Gasteiger partial charge on any atom is -0.496 e. The van der Waals surface area contributed by atoms with E-state index >= 15 is 0 Å². The molecule has 0 bridgehead atoms. The highest BCUT2D eigenvalue weighted by atomic mass is 79.9. The molecule has 1 N–H and O–H groups in total. The second kappa shape index (κ2) is 6.26. The Kier molecular flexibility index (Phi) is 4.66. The summed E-state index contributed by atoms with van der Waals surface area (Å²) in [6, 6.07) is 9.88. The molecule has 0 heterocycles. The molecule has 2 rings (SSSR count). The molecule has 0 aliphatic rings. The Labute approximate surface area is 124 Å². The van der Waals surface area contributed by atoms with Gasteiger partial charge in [-0.3, -0.25) is 0 Å². The average molecular weight is 345 g/mol. The Morgan fingerprint density at radius 1 is 1.26 bits per heavy atom. The molecule has 100 valence electrons. The molecule has 0 aliphatic heterocycles. The molecule has 0 radical (unpaired) electrons. The summed E-state index contributed by atoms with van der Waals surface area (Å²) in [5, 5.41) is 3.78. The van der Waals surface area contributed by atoms with Gasteiger partial charge in [0.05, 0.1) is 12.8 Å². The quantitative estimate of drug-likeness (QED) is 0.855.